The van der Waals surface area contributed by atoms with Crippen LogP contribution in [0.2, 0.25) is 0 Å². The van der Waals surface area contributed by atoms with E-state index in [1.165, 1.54) is 12.1 Å². The number of nitrogens with one attached hydrogen (secondary N) is 1. The zero-order valence-electron chi connectivity index (χ0n) is 12.2. The molecule has 3 nitrogen and oxygen atoms in total. The summed E-state index contributed by atoms with van der Waals surface area (Å²) in [5, 5.41) is 3.17. The largest absolute Gasteiger partial charge is 0.501 e. The lowest BCUT2D eigenvalue weighted by Gasteiger charge is -2.24. The molecular formula is C14H20F3NO2S. The van der Waals surface area contributed by atoms with E-state index in [9.17, 15) is 21.6 Å². The topological polar surface area (TPSA) is 46.2 Å². The Hall–Kier alpha value is -1.08. The summed E-state index contributed by atoms with van der Waals surface area (Å²) < 4.78 is 61.6. The maximum absolute atomic E-state index is 12.8. The van der Waals surface area contributed by atoms with Crippen LogP contribution in [0.25, 0.3) is 0 Å². The van der Waals surface area contributed by atoms with Gasteiger partial charge in [-0.25, -0.2) is 8.42 Å². The molecule has 7 heteroatoms. The molecule has 0 amide bonds. The number of sulfone groups is 1. The number of halogens is 3. The summed E-state index contributed by atoms with van der Waals surface area (Å²) >= 11 is 0. The first-order valence-electron chi connectivity index (χ1n) is 6.76. The molecule has 0 saturated carbocycles. The van der Waals surface area contributed by atoms with Crippen molar-refractivity contribution in [2.45, 2.75) is 49.6 Å². The van der Waals surface area contributed by atoms with Gasteiger partial charge in [-0.2, -0.15) is 13.2 Å². The van der Waals surface area contributed by atoms with Crippen molar-refractivity contribution in [1.29, 1.82) is 0 Å². The molecule has 1 aromatic rings. The number of benzene rings is 1. The van der Waals surface area contributed by atoms with Crippen molar-refractivity contribution in [1.82, 2.24) is 5.32 Å². The van der Waals surface area contributed by atoms with Gasteiger partial charge in [0.15, 0.2) is 0 Å². The lowest BCUT2D eigenvalue weighted by atomic mass is 9.94. The van der Waals surface area contributed by atoms with E-state index in [4.69, 9.17) is 0 Å². The van der Waals surface area contributed by atoms with E-state index in [1.54, 1.807) is 13.0 Å². The van der Waals surface area contributed by atoms with Crippen LogP contribution in [0.5, 0.6) is 0 Å². The fourth-order valence-corrected chi connectivity index (χ4v) is 3.12. The standard InChI is InChI=1S/C14H20F3NO2S/c1-4-9-18-11(3)10(2)12-7-5-6-8-13(12)21(19,20)14(15,16)17/h5-8,10-11,18H,4,9H2,1-3H3. The van der Waals surface area contributed by atoms with Crippen LogP contribution >= 0.6 is 0 Å². The Morgan fingerprint density at radius 3 is 2.29 bits per heavy atom. The van der Waals surface area contributed by atoms with E-state index in [-0.39, 0.29) is 17.5 Å². The van der Waals surface area contributed by atoms with Gasteiger partial charge in [0.1, 0.15) is 0 Å². The van der Waals surface area contributed by atoms with Crippen LogP contribution in [0.4, 0.5) is 13.2 Å². The number of rotatable bonds is 6. The van der Waals surface area contributed by atoms with E-state index in [2.05, 4.69) is 5.32 Å². The second kappa shape index (κ2) is 6.79. The lowest BCUT2D eigenvalue weighted by molar-refractivity contribution is -0.0436. The molecule has 0 saturated heterocycles. The summed E-state index contributed by atoms with van der Waals surface area (Å²) in [4.78, 5) is -0.657. The fourth-order valence-electron chi connectivity index (χ4n) is 2.04. The highest BCUT2D eigenvalue weighted by molar-refractivity contribution is 7.92. The summed E-state index contributed by atoms with van der Waals surface area (Å²) in [7, 11) is -5.33. The van der Waals surface area contributed by atoms with Gasteiger partial charge in [0.25, 0.3) is 9.84 Å². The second-order valence-corrected chi connectivity index (χ2v) is 6.93. The maximum atomic E-state index is 12.8. The third-order valence-electron chi connectivity index (χ3n) is 3.47. The highest BCUT2D eigenvalue weighted by atomic mass is 32.2. The van der Waals surface area contributed by atoms with E-state index >= 15 is 0 Å². The molecule has 0 aromatic heterocycles. The van der Waals surface area contributed by atoms with E-state index in [0.717, 1.165) is 19.0 Å². The molecule has 0 spiro atoms. The fraction of sp³-hybridized carbons (Fsp3) is 0.571. The minimum atomic E-state index is -5.33. The molecule has 1 rings (SSSR count). The zero-order chi connectivity index (χ0) is 16.3. The van der Waals surface area contributed by atoms with Crippen molar-refractivity contribution in [2.75, 3.05) is 6.54 Å². The predicted molar refractivity (Wildman–Crippen MR) is 75.9 cm³/mol. The smallest absolute Gasteiger partial charge is 0.314 e. The minimum absolute atomic E-state index is 0.130. The first-order chi connectivity index (χ1) is 9.63. The Kier molecular flexibility index (Phi) is 5.81. The Labute approximate surface area is 123 Å². The monoisotopic (exact) mass is 323 g/mol. The lowest BCUT2D eigenvalue weighted by Crippen LogP contribution is -2.33. The van der Waals surface area contributed by atoms with Gasteiger partial charge in [0, 0.05) is 6.04 Å². The molecule has 0 radical (unpaired) electrons. The van der Waals surface area contributed by atoms with Crippen molar-refractivity contribution in [2.24, 2.45) is 0 Å². The third-order valence-corrected chi connectivity index (χ3v) is 5.03. The van der Waals surface area contributed by atoms with Gasteiger partial charge in [-0.1, -0.05) is 32.0 Å². The van der Waals surface area contributed by atoms with E-state index < -0.39 is 20.2 Å². The average molecular weight is 323 g/mol. The molecular weight excluding hydrogens is 303 g/mol. The van der Waals surface area contributed by atoms with E-state index in [1.807, 2.05) is 13.8 Å². The van der Waals surface area contributed by atoms with Gasteiger partial charge in [0.05, 0.1) is 4.90 Å². The molecule has 1 N–H and O–H groups in total. The Morgan fingerprint density at radius 1 is 1.19 bits per heavy atom. The molecule has 1 aromatic carbocycles. The number of alkyl halides is 3. The Bertz CT molecular complexity index is 570. The minimum Gasteiger partial charge on any atom is -0.314 e. The molecule has 0 fully saturated rings. The molecule has 0 aliphatic heterocycles. The Morgan fingerprint density at radius 2 is 1.76 bits per heavy atom. The highest BCUT2D eigenvalue weighted by Gasteiger charge is 2.48. The third kappa shape index (κ3) is 3.97. The summed E-state index contributed by atoms with van der Waals surface area (Å²) in [6, 6.07) is 5.18. The van der Waals surface area contributed by atoms with Crippen LogP contribution in [0.1, 0.15) is 38.7 Å². The highest BCUT2D eigenvalue weighted by Crippen LogP contribution is 2.35. The van der Waals surface area contributed by atoms with Gasteiger partial charge >= 0.3 is 5.51 Å². The van der Waals surface area contributed by atoms with E-state index in [0.29, 0.717) is 0 Å². The van der Waals surface area contributed by atoms with Crippen LogP contribution in [0, 0.1) is 0 Å². The number of hydrogen-bond acceptors (Lipinski definition) is 3. The molecule has 2 unspecified atom stereocenters. The molecule has 0 aliphatic rings. The molecule has 120 valence electrons. The van der Waals surface area contributed by atoms with Crippen molar-refractivity contribution >= 4 is 9.84 Å². The van der Waals surface area contributed by atoms with Gasteiger partial charge in [0.2, 0.25) is 0 Å². The summed E-state index contributed by atoms with van der Waals surface area (Å²) in [6.45, 7) is 6.25. The van der Waals surface area contributed by atoms with Gasteiger partial charge in [-0.05, 0) is 37.4 Å². The van der Waals surface area contributed by atoms with Gasteiger partial charge in [-0.15, -0.1) is 0 Å². The zero-order valence-corrected chi connectivity index (χ0v) is 13.1. The van der Waals surface area contributed by atoms with Crippen LogP contribution < -0.4 is 5.32 Å². The molecule has 0 bridgehead atoms. The molecule has 2 atom stereocenters. The van der Waals surface area contributed by atoms with Crippen molar-refractivity contribution in [3.05, 3.63) is 29.8 Å². The van der Waals surface area contributed by atoms with Crippen molar-refractivity contribution in [3.8, 4) is 0 Å². The SMILES string of the molecule is CCCNC(C)C(C)c1ccccc1S(=O)(=O)C(F)(F)F. The normalized spacial score (nSPS) is 15.7. The van der Waals surface area contributed by atoms with Crippen LogP contribution in [0.15, 0.2) is 29.2 Å². The summed E-state index contributed by atoms with van der Waals surface area (Å²) in [5.74, 6) is -0.357. The second-order valence-electron chi connectivity index (χ2n) is 5.02. The Balaban J connectivity index is 3.22. The maximum Gasteiger partial charge on any atom is 0.501 e. The average Bonchev–Trinajstić information content (AvgIpc) is 2.42. The first kappa shape index (κ1) is 18.0. The number of hydrogen-bond donors (Lipinski definition) is 1. The first-order valence-corrected chi connectivity index (χ1v) is 8.25. The summed E-state index contributed by atoms with van der Waals surface area (Å²) in [6.07, 6.45) is 0.888. The molecule has 21 heavy (non-hydrogen) atoms. The van der Waals surface area contributed by atoms with Crippen molar-refractivity contribution < 1.29 is 21.6 Å². The summed E-state index contributed by atoms with van der Waals surface area (Å²) in [5.41, 5.74) is -5.10. The van der Waals surface area contributed by atoms with Crippen LogP contribution in [-0.4, -0.2) is 26.5 Å². The van der Waals surface area contributed by atoms with Crippen LogP contribution in [0.3, 0.4) is 0 Å². The predicted octanol–water partition coefficient (Wildman–Crippen LogP) is 3.47. The van der Waals surface area contributed by atoms with Gasteiger partial charge < -0.3 is 5.32 Å². The van der Waals surface area contributed by atoms with Crippen molar-refractivity contribution in [3.63, 3.8) is 0 Å². The molecule has 0 heterocycles. The van der Waals surface area contributed by atoms with Crippen LogP contribution in [-0.2, 0) is 9.84 Å². The van der Waals surface area contributed by atoms with Gasteiger partial charge in [-0.3, -0.25) is 0 Å². The molecule has 0 aliphatic carbocycles. The quantitative estimate of drug-likeness (QED) is 0.872.